The molecule has 3 atom stereocenters. The fraction of sp³-hybridized carbons (Fsp3) is 0.902. The largest absolute Gasteiger partial charge is 0.465 e. The summed E-state index contributed by atoms with van der Waals surface area (Å²) < 4.78 is 27.8. The fourth-order valence-electron chi connectivity index (χ4n) is 7.46. The van der Waals surface area contributed by atoms with E-state index in [0.717, 1.165) is 45.1 Å². The maximum absolute atomic E-state index is 12.6. The van der Waals surface area contributed by atoms with Gasteiger partial charge in [0.15, 0.2) is 6.10 Å². The van der Waals surface area contributed by atoms with Crippen LogP contribution in [0.25, 0.3) is 0 Å². The van der Waals surface area contributed by atoms with Crippen molar-refractivity contribution in [2.45, 2.75) is 239 Å². The molecule has 0 radical (unpaired) electrons. The second-order valence-electron chi connectivity index (χ2n) is 18.0. The third-order valence-corrected chi connectivity index (χ3v) is 11.5. The van der Waals surface area contributed by atoms with Crippen LogP contribution < -0.4 is 0 Å². The number of hydrogen-bond acceptors (Lipinski definition) is 11. The maximum atomic E-state index is 12.6. The van der Waals surface area contributed by atoms with E-state index in [1.165, 1.54) is 89.9 Å². The molecule has 0 aromatic heterocycles. The highest BCUT2D eigenvalue weighted by atomic mass is 16.6. The fourth-order valence-corrected chi connectivity index (χ4v) is 7.46. The van der Waals surface area contributed by atoms with Gasteiger partial charge < -0.3 is 28.6 Å². The number of nitrogens with zero attached hydrogens (tertiary/aromatic N) is 1. The van der Waals surface area contributed by atoms with Crippen LogP contribution in [-0.4, -0.2) is 87.9 Å². The summed E-state index contributed by atoms with van der Waals surface area (Å²) in [4.78, 5) is 64.7. The molecule has 62 heavy (non-hydrogen) atoms. The third kappa shape index (κ3) is 40.1. The van der Waals surface area contributed by atoms with E-state index in [2.05, 4.69) is 27.7 Å². The number of esters is 5. The van der Waals surface area contributed by atoms with Gasteiger partial charge in [-0.05, 0) is 90.3 Å². The maximum Gasteiger partial charge on any atom is 0.306 e. The minimum Gasteiger partial charge on any atom is -0.465 e. The summed E-state index contributed by atoms with van der Waals surface area (Å²) in [5, 5.41) is 0. The molecule has 11 nitrogen and oxygen atoms in total. The van der Waals surface area contributed by atoms with E-state index < -0.39 is 24.0 Å². The lowest BCUT2D eigenvalue weighted by Gasteiger charge is -2.18. The molecule has 11 heteroatoms. The van der Waals surface area contributed by atoms with Gasteiger partial charge in [0.1, 0.15) is 13.2 Å². The van der Waals surface area contributed by atoms with E-state index in [9.17, 15) is 24.0 Å². The van der Waals surface area contributed by atoms with Crippen molar-refractivity contribution in [2.75, 3.05) is 47.1 Å². The molecule has 0 aromatic rings. The Bertz CT molecular complexity index is 1100. The summed E-state index contributed by atoms with van der Waals surface area (Å²) in [6.45, 7) is 10.1. The van der Waals surface area contributed by atoms with Gasteiger partial charge in [0, 0.05) is 32.1 Å². The van der Waals surface area contributed by atoms with Crippen LogP contribution in [0.15, 0.2) is 0 Å². The topological polar surface area (TPSA) is 135 Å². The standard InChI is InChI=1S/C51H95NO10/c1-7-11-15-18-19-24-33-45(32-23-17-13-9-3)41-59-48(54)35-26-21-28-37-50(56)61-43-46(62-51(57)38-29-39-52(5)6)42-60-49(55)36-27-20-25-34-47(53)58-40-44(30-14-10-4)31-22-16-12-8-2/h44-46H,7-43H2,1-6H3. The molecular formula is C51H95NO10. The summed E-state index contributed by atoms with van der Waals surface area (Å²) in [5.41, 5.74) is 0. The number of carbonyl (C=O) groups is 5. The Morgan fingerprint density at radius 2 is 0.661 bits per heavy atom. The van der Waals surface area contributed by atoms with Gasteiger partial charge in [-0.2, -0.15) is 0 Å². The van der Waals surface area contributed by atoms with E-state index in [0.29, 0.717) is 82.8 Å². The molecule has 364 valence electrons. The lowest BCUT2D eigenvalue weighted by atomic mass is 9.95. The first-order chi connectivity index (χ1) is 30.0. The molecule has 0 heterocycles. The number of ether oxygens (including phenoxy) is 5. The van der Waals surface area contributed by atoms with Crippen LogP contribution in [0.5, 0.6) is 0 Å². The van der Waals surface area contributed by atoms with Crippen molar-refractivity contribution in [1.29, 1.82) is 0 Å². The van der Waals surface area contributed by atoms with Crippen LogP contribution in [0.1, 0.15) is 233 Å². The van der Waals surface area contributed by atoms with Crippen molar-refractivity contribution in [3.05, 3.63) is 0 Å². The third-order valence-electron chi connectivity index (χ3n) is 11.5. The van der Waals surface area contributed by atoms with Crippen LogP contribution in [-0.2, 0) is 47.7 Å². The molecule has 3 unspecified atom stereocenters. The Morgan fingerprint density at radius 1 is 0.355 bits per heavy atom. The first-order valence-corrected chi connectivity index (χ1v) is 25.5. The highest BCUT2D eigenvalue weighted by Crippen LogP contribution is 2.21. The van der Waals surface area contributed by atoms with Gasteiger partial charge in [-0.25, -0.2) is 0 Å². The number of carbonyl (C=O) groups excluding carboxylic acids is 5. The van der Waals surface area contributed by atoms with Crippen molar-refractivity contribution in [3.8, 4) is 0 Å². The Labute approximate surface area is 379 Å². The van der Waals surface area contributed by atoms with E-state index in [1.807, 2.05) is 19.0 Å². The zero-order valence-electron chi connectivity index (χ0n) is 40.9. The van der Waals surface area contributed by atoms with Gasteiger partial charge in [0.25, 0.3) is 0 Å². The zero-order chi connectivity index (χ0) is 45.9. The van der Waals surface area contributed by atoms with Crippen LogP contribution in [0, 0.1) is 11.8 Å². The molecule has 0 aliphatic heterocycles. The van der Waals surface area contributed by atoms with Crippen LogP contribution >= 0.6 is 0 Å². The van der Waals surface area contributed by atoms with E-state index >= 15 is 0 Å². The summed E-state index contributed by atoms with van der Waals surface area (Å²) in [6.07, 6.45) is 28.7. The predicted molar refractivity (Wildman–Crippen MR) is 250 cm³/mol. The van der Waals surface area contributed by atoms with Gasteiger partial charge in [0.05, 0.1) is 13.2 Å². The molecule has 0 aliphatic carbocycles. The Morgan fingerprint density at radius 3 is 1.05 bits per heavy atom. The first-order valence-electron chi connectivity index (χ1n) is 25.5. The minimum atomic E-state index is -0.913. The van der Waals surface area contributed by atoms with Crippen molar-refractivity contribution in [3.63, 3.8) is 0 Å². The average Bonchev–Trinajstić information content (AvgIpc) is 3.24. The van der Waals surface area contributed by atoms with Gasteiger partial charge in [-0.15, -0.1) is 0 Å². The van der Waals surface area contributed by atoms with Crippen molar-refractivity contribution < 1.29 is 47.7 Å². The Balaban J connectivity index is 4.61. The average molecular weight is 882 g/mol. The van der Waals surface area contributed by atoms with E-state index in [4.69, 9.17) is 23.7 Å². The molecule has 0 fully saturated rings. The molecule has 0 N–H and O–H groups in total. The minimum absolute atomic E-state index is 0.168. The van der Waals surface area contributed by atoms with Gasteiger partial charge in [-0.3, -0.25) is 24.0 Å². The summed E-state index contributed by atoms with van der Waals surface area (Å²) in [5.74, 6) is -0.814. The molecule has 0 saturated heterocycles. The van der Waals surface area contributed by atoms with Crippen LogP contribution in [0.3, 0.4) is 0 Å². The van der Waals surface area contributed by atoms with Gasteiger partial charge in [0.2, 0.25) is 0 Å². The molecule has 0 bridgehead atoms. The molecule has 0 aliphatic rings. The smallest absolute Gasteiger partial charge is 0.306 e. The SMILES string of the molecule is CCCCCCCCC(CCCCCC)COC(=O)CCCCCC(=O)OCC(COC(=O)CCCCCC(=O)OCC(CCCC)CCCCCC)OC(=O)CCCN(C)C. The van der Waals surface area contributed by atoms with Crippen molar-refractivity contribution in [1.82, 2.24) is 4.90 Å². The zero-order valence-corrected chi connectivity index (χ0v) is 40.9. The quantitative estimate of drug-likeness (QED) is 0.0328. The molecule has 0 rings (SSSR count). The van der Waals surface area contributed by atoms with Gasteiger partial charge >= 0.3 is 29.8 Å². The van der Waals surface area contributed by atoms with E-state index in [1.54, 1.807) is 0 Å². The van der Waals surface area contributed by atoms with Gasteiger partial charge in [-0.1, -0.05) is 143 Å². The Hall–Kier alpha value is -2.69. The number of rotatable bonds is 45. The highest BCUT2D eigenvalue weighted by molar-refractivity contribution is 5.71. The molecule has 0 amide bonds. The molecule has 0 spiro atoms. The second-order valence-corrected chi connectivity index (χ2v) is 18.0. The lowest BCUT2D eigenvalue weighted by Crippen LogP contribution is -2.31. The monoisotopic (exact) mass is 882 g/mol. The lowest BCUT2D eigenvalue weighted by molar-refractivity contribution is -0.167. The summed E-state index contributed by atoms with van der Waals surface area (Å²) in [7, 11) is 3.85. The first kappa shape index (κ1) is 59.3. The van der Waals surface area contributed by atoms with Crippen LogP contribution in [0.2, 0.25) is 0 Å². The summed E-state index contributed by atoms with van der Waals surface area (Å²) >= 11 is 0. The highest BCUT2D eigenvalue weighted by Gasteiger charge is 2.20. The summed E-state index contributed by atoms with van der Waals surface area (Å²) in [6, 6.07) is 0. The number of hydrogen-bond donors (Lipinski definition) is 0. The van der Waals surface area contributed by atoms with Crippen molar-refractivity contribution in [2.24, 2.45) is 11.8 Å². The normalized spacial score (nSPS) is 12.8. The van der Waals surface area contributed by atoms with Crippen LogP contribution in [0.4, 0.5) is 0 Å². The second kappa shape index (κ2) is 43.6. The van der Waals surface area contributed by atoms with Crippen molar-refractivity contribution >= 4 is 29.8 Å². The van der Waals surface area contributed by atoms with E-state index in [-0.39, 0.29) is 44.4 Å². The predicted octanol–water partition coefficient (Wildman–Crippen LogP) is 12.4. The molecular weight excluding hydrogens is 787 g/mol. The Kier molecular flexibility index (Phi) is 41.7. The molecule has 0 saturated carbocycles. The number of unbranched alkanes of at least 4 members (excludes halogenated alkanes) is 16. The molecule has 0 aromatic carbocycles.